The van der Waals surface area contributed by atoms with Crippen molar-refractivity contribution < 1.29 is 9.53 Å². The van der Waals surface area contributed by atoms with Gasteiger partial charge in [-0.05, 0) is 103 Å². The lowest BCUT2D eigenvalue weighted by atomic mass is 9.96. The van der Waals surface area contributed by atoms with E-state index in [-0.39, 0.29) is 18.0 Å². The van der Waals surface area contributed by atoms with Crippen LogP contribution in [0.15, 0.2) is 23.0 Å². The number of amides is 1. The highest BCUT2D eigenvalue weighted by Crippen LogP contribution is 2.30. The SMILES string of the molecule is CC.CCN(c1cc(C#CC2CCN(C)CC2)cc(C(=O)NCc2c(C)cc(C)[nH]c2=O)c1C)C1CCOCC1. The van der Waals surface area contributed by atoms with Crippen LogP contribution in [0.5, 0.6) is 0 Å². The monoisotopic (exact) mass is 548 g/mol. The molecule has 0 saturated carbocycles. The fourth-order valence-electron chi connectivity index (χ4n) is 5.63. The maximum atomic E-state index is 13.5. The Morgan fingerprint density at radius 1 is 1.10 bits per heavy atom. The van der Waals surface area contributed by atoms with Crippen molar-refractivity contribution in [2.24, 2.45) is 5.92 Å². The van der Waals surface area contributed by atoms with Gasteiger partial charge in [0, 0.05) is 66.3 Å². The van der Waals surface area contributed by atoms with Gasteiger partial charge in [0.25, 0.3) is 11.5 Å². The maximum Gasteiger partial charge on any atom is 0.253 e. The number of pyridine rings is 1. The van der Waals surface area contributed by atoms with E-state index >= 15 is 0 Å². The molecule has 0 aliphatic carbocycles. The topological polar surface area (TPSA) is 77.7 Å². The van der Waals surface area contributed by atoms with Gasteiger partial charge in [0.15, 0.2) is 0 Å². The lowest BCUT2D eigenvalue weighted by Gasteiger charge is -2.36. The van der Waals surface area contributed by atoms with Crippen LogP contribution in [0, 0.1) is 38.5 Å². The van der Waals surface area contributed by atoms with Gasteiger partial charge < -0.3 is 24.8 Å². The van der Waals surface area contributed by atoms with Gasteiger partial charge in [0.05, 0.1) is 0 Å². The van der Waals surface area contributed by atoms with E-state index in [2.05, 4.69) is 52.0 Å². The molecule has 0 bridgehead atoms. The first-order chi connectivity index (χ1) is 19.3. The fourth-order valence-corrected chi connectivity index (χ4v) is 5.63. The predicted octanol–water partition coefficient (Wildman–Crippen LogP) is 4.95. The second-order valence-electron chi connectivity index (χ2n) is 10.8. The third-order valence-electron chi connectivity index (χ3n) is 7.97. The number of aromatic nitrogens is 1. The molecule has 1 aromatic carbocycles. The molecule has 2 fully saturated rings. The van der Waals surface area contributed by atoms with Gasteiger partial charge in [-0.3, -0.25) is 9.59 Å². The molecule has 2 N–H and O–H groups in total. The highest BCUT2D eigenvalue weighted by atomic mass is 16.5. The summed E-state index contributed by atoms with van der Waals surface area (Å²) in [4.78, 5) is 33.6. The summed E-state index contributed by atoms with van der Waals surface area (Å²) in [5, 5.41) is 3.01. The number of likely N-dealkylation sites (tertiary alicyclic amines) is 1. The van der Waals surface area contributed by atoms with Crippen LogP contribution in [-0.4, -0.2) is 61.7 Å². The molecular formula is C33H48N4O3. The maximum absolute atomic E-state index is 13.5. The molecule has 0 radical (unpaired) electrons. The number of carbonyl (C=O) groups excluding carboxylic acids is 1. The number of anilines is 1. The Bertz CT molecular complexity index is 1260. The summed E-state index contributed by atoms with van der Waals surface area (Å²) >= 11 is 0. The number of rotatable bonds is 6. The molecule has 7 heteroatoms. The van der Waals surface area contributed by atoms with Gasteiger partial charge in [-0.25, -0.2) is 0 Å². The second kappa shape index (κ2) is 15.1. The zero-order valence-electron chi connectivity index (χ0n) is 25.6. The summed E-state index contributed by atoms with van der Waals surface area (Å²) in [6.45, 7) is 16.6. The minimum atomic E-state index is -0.186. The Kier molecular flexibility index (Phi) is 11.8. The number of ether oxygens (including phenoxy) is 1. The molecule has 40 heavy (non-hydrogen) atoms. The van der Waals surface area contributed by atoms with Gasteiger partial charge in [-0.1, -0.05) is 25.7 Å². The van der Waals surface area contributed by atoms with Crippen LogP contribution in [0.25, 0.3) is 0 Å². The standard InChI is InChI=1S/C31H42N4O3.C2H6/c1-6-35(26-11-15-38-16-12-26)29-19-25(8-7-24-9-13-34(5)14-10-24)18-27(23(29)4)30(36)32-20-28-21(2)17-22(3)33-31(28)37;1-2/h17-19,24,26H,6,9-16,20H2,1-5H3,(H,32,36)(H,33,37);1-2H3. The summed E-state index contributed by atoms with van der Waals surface area (Å²) in [5.74, 6) is 7.10. The normalized spacial score (nSPS) is 16.4. The third kappa shape index (κ3) is 7.99. The molecule has 1 amide bonds. The molecule has 2 aliphatic heterocycles. The number of piperidine rings is 1. The molecule has 7 nitrogen and oxygen atoms in total. The number of aromatic amines is 1. The first-order valence-corrected chi connectivity index (χ1v) is 14.9. The van der Waals surface area contributed by atoms with Gasteiger partial charge >= 0.3 is 0 Å². The molecule has 0 unspecified atom stereocenters. The Hall–Kier alpha value is -3.08. The largest absolute Gasteiger partial charge is 0.381 e. The highest BCUT2D eigenvalue weighted by molar-refractivity contribution is 5.97. The van der Waals surface area contributed by atoms with Crippen LogP contribution in [0.3, 0.4) is 0 Å². The van der Waals surface area contributed by atoms with Crippen LogP contribution in [0.4, 0.5) is 5.69 Å². The summed E-state index contributed by atoms with van der Waals surface area (Å²) in [5.41, 5.74) is 5.59. The van der Waals surface area contributed by atoms with Crippen molar-refractivity contribution in [1.82, 2.24) is 15.2 Å². The van der Waals surface area contributed by atoms with E-state index in [1.807, 2.05) is 46.8 Å². The Labute approximate surface area is 240 Å². The third-order valence-corrected chi connectivity index (χ3v) is 7.97. The Morgan fingerprint density at radius 3 is 2.40 bits per heavy atom. The summed E-state index contributed by atoms with van der Waals surface area (Å²) in [6.07, 6.45) is 4.08. The summed E-state index contributed by atoms with van der Waals surface area (Å²) < 4.78 is 5.62. The number of carbonyl (C=O) groups is 1. The fraction of sp³-hybridized carbons (Fsp3) is 0.576. The van der Waals surface area contributed by atoms with Gasteiger partial charge in [0.1, 0.15) is 0 Å². The van der Waals surface area contributed by atoms with Gasteiger partial charge in [0.2, 0.25) is 0 Å². The van der Waals surface area contributed by atoms with Crippen LogP contribution >= 0.6 is 0 Å². The number of nitrogens with one attached hydrogen (secondary N) is 2. The smallest absolute Gasteiger partial charge is 0.253 e. The molecule has 1 aromatic heterocycles. The lowest BCUT2D eigenvalue weighted by Crippen LogP contribution is -2.40. The van der Waals surface area contributed by atoms with Crippen molar-refractivity contribution in [3.63, 3.8) is 0 Å². The van der Waals surface area contributed by atoms with Gasteiger partial charge in [-0.15, -0.1) is 0 Å². The number of hydrogen-bond acceptors (Lipinski definition) is 5. The first kappa shape index (κ1) is 31.4. The molecule has 0 spiro atoms. The average Bonchev–Trinajstić information content (AvgIpc) is 2.95. The van der Waals surface area contributed by atoms with Crippen LogP contribution < -0.4 is 15.8 Å². The average molecular weight is 549 g/mol. The van der Waals surface area contributed by atoms with E-state index in [4.69, 9.17) is 4.74 Å². The van der Waals surface area contributed by atoms with Crippen molar-refractivity contribution in [3.05, 3.63) is 62.1 Å². The van der Waals surface area contributed by atoms with Crippen LogP contribution in [-0.2, 0) is 11.3 Å². The van der Waals surface area contributed by atoms with Crippen molar-refractivity contribution >= 4 is 11.6 Å². The van der Waals surface area contributed by atoms with Gasteiger partial charge in [-0.2, -0.15) is 0 Å². The number of H-pyrrole nitrogens is 1. The predicted molar refractivity (Wildman–Crippen MR) is 164 cm³/mol. The van der Waals surface area contributed by atoms with E-state index in [1.54, 1.807) is 0 Å². The van der Waals surface area contributed by atoms with Crippen LogP contribution in [0.2, 0.25) is 0 Å². The van der Waals surface area contributed by atoms with Crippen molar-refractivity contribution in [3.8, 4) is 11.8 Å². The zero-order chi connectivity index (χ0) is 29.2. The highest BCUT2D eigenvalue weighted by Gasteiger charge is 2.25. The lowest BCUT2D eigenvalue weighted by molar-refractivity contribution is 0.0845. The zero-order valence-corrected chi connectivity index (χ0v) is 25.6. The molecule has 2 aliphatic rings. The van der Waals surface area contributed by atoms with E-state index in [0.29, 0.717) is 23.1 Å². The van der Waals surface area contributed by atoms with Crippen LogP contribution in [0.1, 0.15) is 84.8 Å². The number of nitrogens with zero attached hydrogens (tertiary/aromatic N) is 2. The number of benzene rings is 1. The number of hydrogen-bond donors (Lipinski definition) is 2. The van der Waals surface area contributed by atoms with E-state index in [0.717, 1.165) is 86.6 Å². The quantitative estimate of drug-likeness (QED) is 0.500. The Morgan fingerprint density at radius 2 is 1.77 bits per heavy atom. The Balaban J connectivity index is 0.00000216. The second-order valence-corrected chi connectivity index (χ2v) is 10.8. The molecule has 0 atom stereocenters. The van der Waals surface area contributed by atoms with E-state index in [1.165, 1.54) is 0 Å². The molecular weight excluding hydrogens is 500 g/mol. The number of aryl methyl sites for hydroxylation is 2. The minimum absolute atomic E-state index is 0.158. The molecule has 218 valence electrons. The molecule has 4 rings (SSSR count). The molecule has 2 saturated heterocycles. The van der Waals surface area contributed by atoms with E-state index in [9.17, 15) is 9.59 Å². The minimum Gasteiger partial charge on any atom is -0.381 e. The summed E-state index contributed by atoms with van der Waals surface area (Å²) in [7, 11) is 2.16. The first-order valence-electron chi connectivity index (χ1n) is 14.9. The summed E-state index contributed by atoms with van der Waals surface area (Å²) in [6, 6.07) is 6.37. The van der Waals surface area contributed by atoms with Crippen molar-refractivity contribution in [2.45, 2.75) is 79.8 Å². The molecule has 2 aromatic rings. The molecule has 3 heterocycles. The van der Waals surface area contributed by atoms with E-state index < -0.39 is 0 Å². The van der Waals surface area contributed by atoms with Crippen molar-refractivity contribution in [1.29, 1.82) is 0 Å². The van der Waals surface area contributed by atoms with Crippen molar-refractivity contribution in [2.75, 3.05) is 44.8 Å².